The third-order valence-electron chi connectivity index (χ3n) is 2.96. The molecule has 0 unspecified atom stereocenters. The van der Waals surface area contributed by atoms with Gasteiger partial charge in [-0.1, -0.05) is 36.4 Å². The lowest BCUT2D eigenvalue weighted by atomic mass is 10.1. The molecule has 2 aromatic carbocycles. The van der Waals surface area contributed by atoms with Gasteiger partial charge in [0, 0.05) is 11.9 Å². The van der Waals surface area contributed by atoms with Crippen molar-refractivity contribution in [2.45, 2.75) is 17.7 Å². The monoisotopic (exact) mass is 314 g/mol. The Hall–Kier alpha value is -1.14. The van der Waals surface area contributed by atoms with Crippen LogP contribution < -0.4 is 10.5 Å². The minimum Gasteiger partial charge on any atom is -0.330 e. The summed E-state index contributed by atoms with van der Waals surface area (Å²) in [4.78, 5) is 0.332. The summed E-state index contributed by atoms with van der Waals surface area (Å²) in [5.74, 6) is 0. The quantitative estimate of drug-likeness (QED) is 0.803. The molecule has 2 rings (SSSR count). The molecule has 0 amide bonds. The van der Waals surface area contributed by atoms with Gasteiger partial charge in [-0.05, 0) is 30.8 Å². The fourth-order valence-electron chi connectivity index (χ4n) is 1.98. The highest BCUT2D eigenvalue weighted by Gasteiger charge is 2.15. The number of unbranched alkanes of at least 4 members (excludes halogenated alkanes) is 1. The van der Waals surface area contributed by atoms with Gasteiger partial charge in [0.05, 0.1) is 4.90 Å². The minimum atomic E-state index is -3.46. The number of halogens is 1. The van der Waals surface area contributed by atoms with E-state index < -0.39 is 10.0 Å². The van der Waals surface area contributed by atoms with Gasteiger partial charge in [-0.25, -0.2) is 13.1 Å². The number of nitrogens with one attached hydrogen (secondary N) is 1. The normalized spacial score (nSPS) is 11.2. The van der Waals surface area contributed by atoms with Crippen LogP contribution >= 0.6 is 12.4 Å². The van der Waals surface area contributed by atoms with Crippen LogP contribution in [0, 0.1) is 0 Å². The summed E-state index contributed by atoms with van der Waals surface area (Å²) in [6, 6.07) is 12.8. The van der Waals surface area contributed by atoms with Gasteiger partial charge < -0.3 is 5.73 Å². The Kier molecular flexibility index (Phi) is 6.42. The van der Waals surface area contributed by atoms with Crippen LogP contribution in [0.15, 0.2) is 47.4 Å². The predicted molar refractivity (Wildman–Crippen MR) is 84.7 cm³/mol. The Bertz CT molecular complexity index is 654. The SMILES string of the molecule is Cl.NCCCCNS(=O)(=O)c1cccc2ccccc12. The van der Waals surface area contributed by atoms with Gasteiger partial charge >= 0.3 is 0 Å². The first-order chi connectivity index (χ1) is 9.15. The molecular formula is C14H19ClN2O2S. The molecule has 0 aromatic heterocycles. The topological polar surface area (TPSA) is 72.2 Å². The zero-order chi connectivity index (χ0) is 13.7. The van der Waals surface area contributed by atoms with Crippen LogP contribution in [-0.4, -0.2) is 21.5 Å². The second kappa shape index (κ2) is 7.59. The van der Waals surface area contributed by atoms with E-state index in [-0.39, 0.29) is 12.4 Å². The number of hydrogen-bond donors (Lipinski definition) is 2. The van der Waals surface area contributed by atoms with Crippen molar-refractivity contribution in [3.05, 3.63) is 42.5 Å². The molecule has 0 spiro atoms. The first-order valence-electron chi connectivity index (χ1n) is 6.32. The molecule has 20 heavy (non-hydrogen) atoms. The molecule has 4 nitrogen and oxygen atoms in total. The highest BCUT2D eigenvalue weighted by Crippen LogP contribution is 2.22. The van der Waals surface area contributed by atoms with Crippen LogP contribution in [0.25, 0.3) is 10.8 Å². The van der Waals surface area contributed by atoms with Crippen molar-refractivity contribution in [2.24, 2.45) is 5.73 Å². The molecule has 0 radical (unpaired) electrons. The maximum atomic E-state index is 12.3. The van der Waals surface area contributed by atoms with Gasteiger partial charge in [-0.15, -0.1) is 12.4 Å². The van der Waals surface area contributed by atoms with Gasteiger partial charge in [0.15, 0.2) is 0 Å². The molecule has 0 aliphatic heterocycles. The van der Waals surface area contributed by atoms with Gasteiger partial charge in [0.25, 0.3) is 0 Å². The Morgan fingerprint density at radius 1 is 1.00 bits per heavy atom. The molecule has 0 saturated carbocycles. The van der Waals surface area contributed by atoms with Crippen molar-refractivity contribution in [1.29, 1.82) is 0 Å². The highest BCUT2D eigenvalue weighted by atomic mass is 35.5. The van der Waals surface area contributed by atoms with Crippen LogP contribution in [0.4, 0.5) is 0 Å². The molecule has 0 heterocycles. The van der Waals surface area contributed by atoms with E-state index in [1.165, 1.54) is 0 Å². The third-order valence-corrected chi connectivity index (χ3v) is 4.48. The molecular weight excluding hydrogens is 296 g/mol. The average Bonchev–Trinajstić information content (AvgIpc) is 2.43. The van der Waals surface area contributed by atoms with E-state index in [1.54, 1.807) is 12.1 Å². The first kappa shape index (κ1) is 16.9. The molecule has 0 aliphatic rings. The lowest BCUT2D eigenvalue weighted by molar-refractivity contribution is 0.578. The van der Waals surface area contributed by atoms with Crippen molar-refractivity contribution in [2.75, 3.05) is 13.1 Å². The van der Waals surface area contributed by atoms with E-state index in [0.29, 0.717) is 18.0 Å². The van der Waals surface area contributed by atoms with Crippen molar-refractivity contribution in [1.82, 2.24) is 4.72 Å². The van der Waals surface area contributed by atoms with E-state index in [0.717, 1.165) is 23.6 Å². The van der Waals surface area contributed by atoms with Gasteiger partial charge in [0.2, 0.25) is 10.0 Å². The van der Waals surface area contributed by atoms with Crippen molar-refractivity contribution < 1.29 is 8.42 Å². The second-order valence-corrected chi connectivity index (χ2v) is 6.11. The zero-order valence-electron chi connectivity index (χ0n) is 11.1. The van der Waals surface area contributed by atoms with Crippen LogP contribution in [0.3, 0.4) is 0 Å². The molecule has 0 atom stereocenters. The number of rotatable bonds is 6. The Labute approximate surface area is 125 Å². The average molecular weight is 315 g/mol. The summed E-state index contributed by atoms with van der Waals surface area (Å²) < 4.78 is 27.2. The van der Waals surface area contributed by atoms with Crippen LogP contribution in [-0.2, 0) is 10.0 Å². The van der Waals surface area contributed by atoms with Crippen molar-refractivity contribution >= 4 is 33.2 Å². The third kappa shape index (κ3) is 3.93. The van der Waals surface area contributed by atoms with E-state index in [1.807, 2.05) is 30.3 Å². The van der Waals surface area contributed by atoms with E-state index >= 15 is 0 Å². The standard InChI is InChI=1S/C14H18N2O2S.ClH/c15-10-3-4-11-16-19(17,18)14-9-5-7-12-6-1-2-8-13(12)14;/h1-2,5-9,16H,3-4,10-11,15H2;1H. The largest absolute Gasteiger partial charge is 0.330 e. The Morgan fingerprint density at radius 2 is 1.70 bits per heavy atom. The molecule has 3 N–H and O–H groups in total. The van der Waals surface area contributed by atoms with E-state index in [9.17, 15) is 8.42 Å². The minimum absolute atomic E-state index is 0. The van der Waals surface area contributed by atoms with Gasteiger partial charge in [-0.2, -0.15) is 0 Å². The summed E-state index contributed by atoms with van der Waals surface area (Å²) in [5.41, 5.74) is 5.39. The fraction of sp³-hybridized carbons (Fsp3) is 0.286. The molecule has 0 saturated heterocycles. The van der Waals surface area contributed by atoms with Crippen molar-refractivity contribution in [3.63, 3.8) is 0 Å². The molecule has 6 heteroatoms. The molecule has 0 fully saturated rings. The molecule has 0 bridgehead atoms. The van der Waals surface area contributed by atoms with Gasteiger partial charge in [-0.3, -0.25) is 0 Å². The van der Waals surface area contributed by atoms with Crippen molar-refractivity contribution in [3.8, 4) is 0 Å². The Balaban J connectivity index is 0.00000200. The van der Waals surface area contributed by atoms with E-state index in [2.05, 4.69) is 4.72 Å². The predicted octanol–water partition coefficient (Wildman–Crippen LogP) is 2.28. The molecule has 0 aliphatic carbocycles. The number of benzene rings is 2. The maximum Gasteiger partial charge on any atom is 0.241 e. The fourth-order valence-corrected chi connectivity index (χ4v) is 3.29. The van der Waals surface area contributed by atoms with Crippen LogP contribution in [0.1, 0.15) is 12.8 Å². The summed E-state index contributed by atoms with van der Waals surface area (Å²) in [6.07, 6.45) is 1.57. The number of sulfonamides is 1. The second-order valence-electron chi connectivity index (χ2n) is 4.37. The highest BCUT2D eigenvalue weighted by molar-refractivity contribution is 7.89. The first-order valence-corrected chi connectivity index (χ1v) is 7.81. The zero-order valence-corrected chi connectivity index (χ0v) is 12.7. The number of fused-ring (bicyclic) bond motifs is 1. The lowest BCUT2D eigenvalue weighted by Crippen LogP contribution is -2.25. The van der Waals surface area contributed by atoms with E-state index in [4.69, 9.17) is 5.73 Å². The summed E-state index contributed by atoms with van der Waals surface area (Å²) in [5, 5.41) is 1.67. The molecule has 2 aromatic rings. The number of nitrogens with two attached hydrogens (primary N) is 1. The summed E-state index contributed by atoms with van der Waals surface area (Å²) >= 11 is 0. The lowest BCUT2D eigenvalue weighted by Gasteiger charge is -2.09. The number of hydrogen-bond acceptors (Lipinski definition) is 3. The van der Waals surface area contributed by atoms with Crippen LogP contribution in [0.2, 0.25) is 0 Å². The summed E-state index contributed by atoms with van der Waals surface area (Å²) in [7, 11) is -3.46. The smallest absolute Gasteiger partial charge is 0.241 e. The molecule has 110 valence electrons. The maximum absolute atomic E-state index is 12.3. The van der Waals surface area contributed by atoms with Crippen LogP contribution in [0.5, 0.6) is 0 Å². The summed E-state index contributed by atoms with van der Waals surface area (Å²) in [6.45, 7) is 0.999. The Morgan fingerprint density at radius 3 is 2.45 bits per heavy atom. The van der Waals surface area contributed by atoms with Gasteiger partial charge in [0.1, 0.15) is 0 Å².